The molecule has 0 bridgehead atoms. The van der Waals surface area contributed by atoms with Gasteiger partial charge in [-0.2, -0.15) is 0 Å². The Morgan fingerprint density at radius 2 is 1.05 bits per heavy atom. The highest BCUT2D eigenvalue weighted by molar-refractivity contribution is 5.15. The number of allylic oxidation sites excluding steroid dienone is 2. The van der Waals surface area contributed by atoms with E-state index in [2.05, 4.69) is 37.4 Å². The van der Waals surface area contributed by atoms with Crippen molar-refractivity contribution in [3.8, 4) is 0 Å². The SMILES string of the molecule is C=CC=C.c1ccc(COCc2ccccc2)cc1. The lowest BCUT2D eigenvalue weighted by molar-refractivity contribution is 0.107. The Bertz CT molecular complexity index is 414. The first-order chi connectivity index (χ1) is 9.36. The summed E-state index contributed by atoms with van der Waals surface area (Å²) in [5.74, 6) is 0. The highest BCUT2D eigenvalue weighted by Crippen LogP contribution is 2.05. The Kier molecular flexibility index (Phi) is 7.76. The van der Waals surface area contributed by atoms with Crippen LogP contribution in [0.4, 0.5) is 0 Å². The molecule has 0 aliphatic rings. The summed E-state index contributed by atoms with van der Waals surface area (Å²) in [6.07, 6.45) is 3.28. The molecule has 1 heteroatoms. The van der Waals surface area contributed by atoms with Gasteiger partial charge in [0.15, 0.2) is 0 Å². The molecule has 0 radical (unpaired) electrons. The summed E-state index contributed by atoms with van der Waals surface area (Å²) in [5.41, 5.74) is 2.43. The van der Waals surface area contributed by atoms with Gasteiger partial charge in [-0.1, -0.05) is 86.0 Å². The molecule has 0 atom stereocenters. The number of rotatable bonds is 5. The van der Waals surface area contributed by atoms with E-state index < -0.39 is 0 Å². The average molecular weight is 252 g/mol. The second kappa shape index (κ2) is 9.86. The van der Waals surface area contributed by atoms with Crippen LogP contribution >= 0.6 is 0 Å². The largest absolute Gasteiger partial charge is 0.372 e. The molecular weight excluding hydrogens is 232 g/mol. The van der Waals surface area contributed by atoms with Crippen LogP contribution in [0.15, 0.2) is 86.0 Å². The van der Waals surface area contributed by atoms with Crippen LogP contribution in [-0.4, -0.2) is 0 Å². The van der Waals surface area contributed by atoms with E-state index in [9.17, 15) is 0 Å². The number of hydrogen-bond acceptors (Lipinski definition) is 1. The standard InChI is InChI=1S/C14H14O.C4H6/c1-3-7-13(8-4-1)11-15-12-14-9-5-2-6-10-14;1-3-4-2/h1-10H,11-12H2;3-4H,1-2H2. The van der Waals surface area contributed by atoms with Gasteiger partial charge < -0.3 is 4.74 Å². The van der Waals surface area contributed by atoms with Crippen molar-refractivity contribution in [1.82, 2.24) is 0 Å². The zero-order valence-electron chi connectivity index (χ0n) is 11.2. The van der Waals surface area contributed by atoms with Gasteiger partial charge in [-0.25, -0.2) is 0 Å². The van der Waals surface area contributed by atoms with Crippen LogP contribution in [-0.2, 0) is 18.0 Å². The first kappa shape index (κ1) is 14.9. The van der Waals surface area contributed by atoms with Gasteiger partial charge in [0.05, 0.1) is 13.2 Å². The van der Waals surface area contributed by atoms with Gasteiger partial charge in [0.25, 0.3) is 0 Å². The van der Waals surface area contributed by atoms with Gasteiger partial charge in [0, 0.05) is 0 Å². The first-order valence-corrected chi connectivity index (χ1v) is 6.26. The molecule has 0 N–H and O–H groups in total. The molecule has 1 nitrogen and oxygen atoms in total. The van der Waals surface area contributed by atoms with Crippen LogP contribution in [0.2, 0.25) is 0 Å². The van der Waals surface area contributed by atoms with Crippen molar-refractivity contribution in [2.75, 3.05) is 0 Å². The molecule has 0 aliphatic heterocycles. The fourth-order valence-corrected chi connectivity index (χ4v) is 1.44. The summed E-state index contributed by atoms with van der Waals surface area (Å²) in [6.45, 7) is 8.07. The Balaban J connectivity index is 0.000000399. The monoisotopic (exact) mass is 252 g/mol. The smallest absolute Gasteiger partial charge is 0.0721 e. The molecule has 0 saturated carbocycles. The molecule has 2 rings (SSSR count). The van der Waals surface area contributed by atoms with Crippen LogP contribution in [0.5, 0.6) is 0 Å². The molecule has 19 heavy (non-hydrogen) atoms. The maximum atomic E-state index is 5.61. The van der Waals surface area contributed by atoms with Crippen LogP contribution in [0, 0.1) is 0 Å². The molecule has 0 unspecified atom stereocenters. The fraction of sp³-hybridized carbons (Fsp3) is 0.111. The number of hydrogen-bond donors (Lipinski definition) is 0. The van der Waals surface area contributed by atoms with Crippen LogP contribution in [0.25, 0.3) is 0 Å². The molecule has 98 valence electrons. The Hall–Kier alpha value is -2.12. The molecule has 0 saturated heterocycles. The highest BCUT2D eigenvalue weighted by Gasteiger charge is 1.93. The Morgan fingerprint density at radius 1 is 0.684 bits per heavy atom. The summed E-state index contributed by atoms with van der Waals surface area (Å²) in [6, 6.07) is 20.4. The summed E-state index contributed by atoms with van der Waals surface area (Å²) < 4.78 is 5.61. The third-order valence-corrected chi connectivity index (χ3v) is 2.39. The molecule has 0 aromatic heterocycles. The second-order valence-electron chi connectivity index (χ2n) is 3.94. The molecular formula is C18H20O. The topological polar surface area (TPSA) is 9.23 Å². The van der Waals surface area contributed by atoms with Crippen molar-refractivity contribution in [1.29, 1.82) is 0 Å². The number of ether oxygens (including phenoxy) is 1. The zero-order valence-corrected chi connectivity index (χ0v) is 11.2. The van der Waals surface area contributed by atoms with Crippen LogP contribution in [0.1, 0.15) is 11.1 Å². The van der Waals surface area contributed by atoms with Gasteiger partial charge in [0.1, 0.15) is 0 Å². The molecule has 0 amide bonds. The van der Waals surface area contributed by atoms with Gasteiger partial charge in [0.2, 0.25) is 0 Å². The van der Waals surface area contributed by atoms with Gasteiger partial charge in [-0.05, 0) is 11.1 Å². The van der Waals surface area contributed by atoms with E-state index in [-0.39, 0.29) is 0 Å². The van der Waals surface area contributed by atoms with E-state index in [1.165, 1.54) is 11.1 Å². The third kappa shape index (κ3) is 7.02. The fourth-order valence-electron chi connectivity index (χ4n) is 1.44. The van der Waals surface area contributed by atoms with Gasteiger partial charge in [-0.3, -0.25) is 0 Å². The quantitative estimate of drug-likeness (QED) is 0.697. The van der Waals surface area contributed by atoms with E-state index in [1.54, 1.807) is 12.2 Å². The second-order valence-corrected chi connectivity index (χ2v) is 3.94. The van der Waals surface area contributed by atoms with E-state index in [1.807, 2.05) is 36.4 Å². The lowest BCUT2D eigenvalue weighted by Crippen LogP contribution is -1.93. The minimum Gasteiger partial charge on any atom is -0.372 e. The van der Waals surface area contributed by atoms with Crippen molar-refractivity contribution in [3.05, 3.63) is 97.1 Å². The molecule has 0 heterocycles. The Morgan fingerprint density at radius 3 is 1.37 bits per heavy atom. The molecule has 2 aromatic carbocycles. The highest BCUT2D eigenvalue weighted by atomic mass is 16.5. The summed E-state index contributed by atoms with van der Waals surface area (Å²) in [4.78, 5) is 0. The summed E-state index contributed by atoms with van der Waals surface area (Å²) in [7, 11) is 0. The Labute approximate surface area is 115 Å². The maximum Gasteiger partial charge on any atom is 0.0721 e. The molecule has 0 fully saturated rings. The van der Waals surface area contributed by atoms with Crippen LogP contribution in [0.3, 0.4) is 0 Å². The first-order valence-electron chi connectivity index (χ1n) is 6.26. The van der Waals surface area contributed by atoms with E-state index in [0.29, 0.717) is 13.2 Å². The number of benzene rings is 2. The summed E-state index contributed by atoms with van der Waals surface area (Å²) >= 11 is 0. The van der Waals surface area contributed by atoms with Crippen molar-refractivity contribution in [2.45, 2.75) is 13.2 Å². The van der Waals surface area contributed by atoms with Crippen molar-refractivity contribution in [2.24, 2.45) is 0 Å². The van der Waals surface area contributed by atoms with E-state index in [4.69, 9.17) is 4.74 Å². The lowest BCUT2D eigenvalue weighted by Gasteiger charge is -2.03. The predicted octanol–water partition coefficient (Wildman–Crippen LogP) is 4.76. The minimum atomic E-state index is 0.676. The van der Waals surface area contributed by atoms with Crippen molar-refractivity contribution < 1.29 is 4.74 Å². The third-order valence-electron chi connectivity index (χ3n) is 2.39. The minimum absolute atomic E-state index is 0.676. The lowest BCUT2D eigenvalue weighted by atomic mass is 10.2. The molecule has 0 aliphatic carbocycles. The average Bonchev–Trinajstić information content (AvgIpc) is 2.50. The summed E-state index contributed by atoms with van der Waals surface area (Å²) in [5, 5.41) is 0. The molecule has 0 spiro atoms. The van der Waals surface area contributed by atoms with E-state index >= 15 is 0 Å². The van der Waals surface area contributed by atoms with Gasteiger partial charge >= 0.3 is 0 Å². The van der Waals surface area contributed by atoms with Gasteiger partial charge in [-0.15, -0.1) is 0 Å². The van der Waals surface area contributed by atoms with Crippen LogP contribution < -0.4 is 0 Å². The molecule has 2 aromatic rings. The normalized spacial score (nSPS) is 9.05. The van der Waals surface area contributed by atoms with Crippen molar-refractivity contribution >= 4 is 0 Å². The van der Waals surface area contributed by atoms with E-state index in [0.717, 1.165) is 0 Å². The van der Waals surface area contributed by atoms with Crippen molar-refractivity contribution in [3.63, 3.8) is 0 Å². The maximum absolute atomic E-state index is 5.61. The zero-order chi connectivity index (χ0) is 13.8. The predicted molar refractivity (Wildman–Crippen MR) is 81.8 cm³/mol.